The summed E-state index contributed by atoms with van der Waals surface area (Å²) in [5.41, 5.74) is 3.30. The van der Waals surface area contributed by atoms with Gasteiger partial charge in [0.25, 0.3) is 5.69 Å². The van der Waals surface area contributed by atoms with Gasteiger partial charge >= 0.3 is 0 Å². The van der Waals surface area contributed by atoms with Crippen molar-refractivity contribution in [1.29, 1.82) is 0 Å². The average Bonchev–Trinajstić information content (AvgIpc) is 3.29. The van der Waals surface area contributed by atoms with Crippen molar-refractivity contribution in [1.82, 2.24) is 5.01 Å². The van der Waals surface area contributed by atoms with Crippen LogP contribution in [0.2, 0.25) is 5.02 Å². The fourth-order valence-corrected chi connectivity index (χ4v) is 4.44. The Bertz CT molecular complexity index is 1280. The maximum absolute atomic E-state index is 11.3. The second-order valence-corrected chi connectivity index (χ2v) is 8.16. The predicted molar refractivity (Wildman–Crippen MR) is 123 cm³/mol. The lowest BCUT2D eigenvalue weighted by Crippen LogP contribution is -2.33. The lowest BCUT2D eigenvalue weighted by Gasteiger charge is -2.38. The Hall–Kier alpha value is -3.78. The van der Waals surface area contributed by atoms with E-state index in [4.69, 9.17) is 30.9 Å². The van der Waals surface area contributed by atoms with Crippen molar-refractivity contribution in [3.63, 3.8) is 0 Å². The Balaban J connectivity index is 1.59. The Morgan fingerprint density at radius 1 is 1.09 bits per heavy atom. The summed E-state index contributed by atoms with van der Waals surface area (Å²) in [6, 6.07) is 17.4. The highest BCUT2D eigenvalue weighted by Crippen LogP contribution is 2.48. The molecule has 9 heteroatoms. The summed E-state index contributed by atoms with van der Waals surface area (Å²) < 4.78 is 17.1. The molecule has 0 spiro atoms. The van der Waals surface area contributed by atoms with Gasteiger partial charge in [0.1, 0.15) is 5.75 Å². The number of rotatable bonds is 5. The maximum Gasteiger partial charge on any atom is 0.269 e. The topological polar surface area (TPSA) is 86.4 Å². The van der Waals surface area contributed by atoms with Gasteiger partial charge < -0.3 is 14.2 Å². The lowest BCUT2D eigenvalue weighted by atomic mass is 9.95. The fourth-order valence-electron chi connectivity index (χ4n) is 4.26. The number of hydrogen-bond donors (Lipinski definition) is 0. The van der Waals surface area contributed by atoms with Crippen molar-refractivity contribution in [3.8, 4) is 17.2 Å². The van der Waals surface area contributed by atoms with E-state index in [1.165, 1.54) is 12.1 Å². The quantitative estimate of drug-likeness (QED) is 0.365. The third-order valence-corrected chi connectivity index (χ3v) is 6.07. The summed E-state index contributed by atoms with van der Waals surface area (Å²) in [6.07, 6.45) is -0.0151. The van der Waals surface area contributed by atoms with E-state index in [1.54, 1.807) is 32.4 Å². The summed E-state index contributed by atoms with van der Waals surface area (Å²) in [7, 11) is 3.18. The molecular formula is C24H20ClN3O5. The van der Waals surface area contributed by atoms with E-state index < -0.39 is 11.2 Å². The van der Waals surface area contributed by atoms with Gasteiger partial charge in [-0.15, -0.1) is 0 Å². The van der Waals surface area contributed by atoms with Crippen LogP contribution in [0.25, 0.3) is 0 Å². The zero-order valence-electron chi connectivity index (χ0n) is 17.9. The number of non-ortho nitro benzene ring substituents is 1. The average molecular weight is 466 g/mol. The van der Waals surface area contributed by atoms with Gasteiger partial charge in [0, 0.05) is 40.3 Å². The molecule has 0 saturated carbocycles. The number of nitrogens with zero attached hydrogens (tertiary/aromatic N) is 3. The summed E-state index contributed by atoms with van der Waals surface area (Å²) in [6.45, 7) is 0. The van der Waals surface area contributed by atoms with Crippen LogP contribution in [0, 0.1) is 10.1 Å². The molecule has 0 aliphatic carbocycles. The summed E-state index contributed by atoms with van der Waals surface area (Å²) in [4.78, 5) is 10.9. The molecule has 0 amide bonds. The molecular weight excluding hydrogens is 446 g/mol. The minimum absolute atomic E-state index is 0.00200. The highest BCUT2D eigenvalue weighted by atomic mass is 35.5. The molecule has 168 valence electrons. The molecule has 2 aliphatic heterocycles. The predicted octanol–water partition coefficient (Wildman–Crippen LogP) is 5.51. The minimum Gasteiger partial charge on any atom is -0.493 e. The molecule has 0 N–H and O–H groups in total. The number of nitro groups is 1. The monoisotopic (exact) mass is 465 g/mol. The van der Waals surface area contributed by atoms with Crippen LogP contribution in [0.15, 0.2) is 65.8 Å². The van der Waals surface area contributed by atoms with Gasteiger partial charge in [-0.05, 0) is 36.4 Å². The van der Waals surface area contributed by atoms with E-state index in [1.807, 2.05) is 35.3 Å². The second kappa shape index (κ2) is 8.29. The number of methoxy groups -OCH3 is 2. The smallest absolute Gasteiger partial charge is 0.269 e. The number of ether oxygens (including phenoxy) is 3. The van der Waals surface area contributed by atoms with Crippen LogP contribution in [-0.2, 0) is 0 Å². The van der Waals surface area contributed by atoms with Gasteiger partial charge in [-0.2, -0.15) is 5.10 Å². The van der Waals surface area contributed by atoms with Crippen LogP contribution in [0.4, 0.5) is 5.69 Å². The van der Waals surface area contributed by atoms with Gasteiger partial charge in [0.05, 0.1) is 30.9 Å². The van der Waals surface area contributed by atoms with Crippen LogP contribution in [0.1, 0.15) is 35.4 Å². The molecule has 2 atom stereocenters. The van der Waals surface area contributed by atoms with Crippen LogP contribution in [-0.4, -0.2) is 29.9 Å². The number of hydrazone groups is 1. The first kappa shape index (κ1) is 21.1. The fraction of sp³-hybridized carbons (Fsp3) is 0.208. The summed E-state index contributed by atoms with van der Waals surface area (Å²) >= 11 is 6.29. The second-order valence-electron chi connectivity index (χ2n) is 7.72. The largest absolute Gasteiger partial charge is 0.493 e. The summed E-state index contributed by atoms with van der Waals surface area (Å²) in [5.74, 6) is 1.92. The van der Waals surface area contributed by atoms with Crippen molar-refractivity contribution in [2.75, 3.05) is 14.2 Å². The minimum atomic E-state index is -0.624. The van der Waals surface area contributed by atoms with Crippen molar-refractivity contribution in [2.24, 2.45) is 5.10 Å². The number of benzene rings is 3. The lowest BCUT2D eigenvalue weighted by molar-refractivity contribution is -0.385. The molecule has 0 bridgehead atoms. The first-order valence-electron chi connectivity index (χ1n) is 10.3. The van der Waals surface area contributed by atoms with Crippen LogP contribution in [0.5, 0.6) is 17.2 Å². The van der Waals surface area contributed by atoms with E-state index in [9.17, 15) is 10.1 Å². The molecule has 0 unspecified atom stereocenters. The van der Waals surface area contributed by atoms with Gasteiger partial charge in [-0.3, -0.25) is 10.1 Å². The van der Waals surface area contributed by atoms with Crippen molar-refractivity contribution < 1.29 is 19.1 Å². The molecule has 2 aliphatic rings. The molecule has 0 radical (unpaired) electrons. The van der Waals surface area contributed by atoms with Crippen LogP contribution >= 0.6 is 11.6 Å². The molecule has 33 heavy (non-hydrogen) atoms. The van der Waals surface area contributed by atoms with E-state index in [-0.39, 0.29) is 11.7 Å². The standard InChI is InChI=1S/C24H20ClN3O5/c1-31-22-8-6-14(11-23(22)32-2)19-13-20-18-12-16(25)7-9-21(18)33-24(27(20)26-19)15-4-3-5-17(10-15)28(29)30/h3-12,20,24H,13H2,1-2H3/t20-,24-/m0/s1. The van der Waals surface area contributed by atoms with Gasteiger partial charge in [-0.25, -0.2) is 5.01 Å². The van der Waals surface area contributed by atoms with Crippen molar-refractivity contribution in [2.45, 2.75) is 18.7 Å². The maximum atomic E-state index is 11.3. The van der Waals surface area contributed by atoms with Gasteiger partial charge in [-0.1, -0.05) is 23.7 Å². The van der Waals surface area contributed by atoms with E-state index in [0.717, 1.165) is 16.8 Å². The Morgan fingerprint density at radius 3 is 2.67 bits per heavy atom. The third kappa shape index (κ3) is 3.72. The summed E-state index contributed by atoms with van der Waals surface area (Å²) in [5, 5.41) is 18.7. The molecule has 5 rings (SSSR count). The third-order valence-electron chi connectivity index (χ3n) is 5.83. The van der Waals surface area contributed by atoms with Crippen molar-refractivity contribution >= 4 is 23.0 Å². The highest BCUT2D eigenvalue weighted by molar-refractivity contribution is 6.30. The SMILES string of the molecule is COc1ccc(C2=NN3[C@@H](C2)c2cc(Cl)ccc2O[C@H]3c2cccc([N+](=O)[O-])c2)cc1OC. The number of hydrogen-bond acceptors (Lipinski definition) is 7. The van der Waals surface area contributed by atoms with Crippen molar-refractivity contribution in [3.05, 3.63) is 92.5 Å². The Labute approximate surface area is 195 Å². The normalized spacial score (nSPS) is 18.6. The van der Waals surface area contributed by atoms with Crippen LogP contribution in [0.3, 0.4) is 0 Å². The number of halogens is 1. The zero-order chi connectivity index (χ0) is 23.1. The molecule has 3 aromatic carbocycles. The molecule has 0 fully saturated rings. The molecule has 2 heterocycles. The first-order valence-corrected chi connectivity index (χ1v) is 10.6. The van der Waals surface area contributed by atoms with Crippen LogP contribution < -0.4 is 14.2 Å². The molecule has 0 aromatic heterocycles. The highest BCUT2D eigenvalue weighted by Gasteiger charge is 2.41. The Kier molecular flexibility index (Phi) is 5.30. The molecule has 0 saturated heterocycles. The molecule has 8 nitrogen and oxygen atoms in total. The zero-order valence-corrected chi connectivity index (χ0v) is 18.7. The van der Waals surface area contributed by atoms with Gasteiger partial charge in [0.2, 0.25) is 6.23 Å². The molecule has 3 aromatic rings. The van der Waals surface area contributed by atoms with E-state index in [2.05, 4.69) is 0 Å². The van der Waals surface area contributed by atoms with Gasteiger partial charge in [0.15, 0.2) is 11.5 Å². The number of nitro benzene ring substituents is 1. The van der Waals surface area contributed by atoms with E-state index in [0.29, 0.717) is 34.3 Å². The van der Waals surface area contributed by atoms with E-state index >= 15 is 0 Å². The number of fused-ring (bicyclic) bond motifs is 3. The first-order chi connectivity index (χ1) is 16.0. The Morgan fingerprint density at radius 2 is 1.91 bits per heavy atom.